The Bertz CT molecular complexity index is 828. The van der Waals surface area contributed by atoms with Crippen molar-refractivity contribution in [2.45, 2.75) is 19.8 Å². The number of benzene rings is 2. The summed E-state index contributed by atoms with van der Waals surface area (Å²) in [6.07, 6.45) is 1.32. The maximum atomic E-state index is 13.0. The van der Waals surface area contributed by atoms with Gasteiger partial charge in [0.25, 0.3) is 0 Å². The van der Waals surface area contributed by atoms with Gasteiger partial charge < -0.3 is 14.4 Å². The Morgan fingerprint density at radius 3 is 2.19 bits per heavy atom. The average Bonchev–Trinajstić information content (AvgIpc) is 2.76. The van der Waals surface area contributed by atoms with E-state index in [9.17, 15) is 9.18 Å². The zero-order valence-electron chi connectivity index (χ0n) is 18.7. The molecule has 3 rings (SSSR count). The molecule has 0 saturated carbocycles. The monoisotopic (exact) mass is 486 g/mol. The lowest BCUT2D eigenvalue weighted by Gasteiger charge is -2.34. The first-order valence-corrected chi connectivity index (χ1v) is 10.6. The van der Waals surface area contributed by atoms with Gasteiger partial charge in [-0.25, -0.2) is 4.39 Å². The fourth-order valence-corrected chi connectivity index (χ4v) is 3.66. The molecule has 32 heavy (non-hydrogen) atoms. The highest BCUT2D eigenvalue weighted by Gasteiger charge is 2.17. The van der Waals surface area contributed by atoms with E-state index in [1.807, 2.05) is 25.1 Å². The van der Waals surface area contributed by atoms with Crippen LogP contribution in [0.5, 0.6) is 11.5 Å². The number of carbonyl (C=O) groups excluding carboxylic acids is 1. The first-order valence-electron chi connectivity index (χ1n) is 10.6. The molecule has 5 nitrogen and oxygen atoms in total. The van der Waals surface area contributed by atoms with Crippen LogP contribution in [0.25, 0.3) is 0 Å². The summed E-state index contributed by atoms with van der Waals surface area (Å²) in [7, 11) is 1.66. The van der Waals surface area contributed by atoms with Crippen LogP contribution in [0, 0.1) is 12.7 Å². The van der Waals surface area contributed by atoms with Crippen LogP contribution in [0.15, 0.2) is 42.5 Å². The molecule has 0 spiro atoms. The van der Waals surface area contributed by atoms with E-state index in [0.29, 0.717) is 18.6 Å². The maximum absolute atomic E-state index is 13.0. The highest BCUT2D eigenvalue weighted by Crippen LogP contribution is 2.27. The zero-order valence-corrected chi connectivity index (χ0v) is 20.4. The standard InChI is InChI=1S/C24H31FN2O3.2ClH/c1-19-5-10-23(24(18-19)29-2)30-17-16-27-14-12-26(13-15-27)11-3-4-22(28)20-6-8-21(25)9-7-20;;/h5-10,18H,3-4,11-17H2,1-2H3;2*1H. The number of ketones is 1. The second-order valence-electron chi connectivity index (χ2n) is 7.72. The third kappa shape index (κ3) is 8.58. The van der Waals surface area contributed by atoms with Crippen LogP contribution in [0.3, 0.4) is 0 Å². The molecule has 0 N–H and O–H groups in total. The molecule has 1 heterocycles. The van der Waals surface area contributed by atoms with Gasteiger partial charge in [-0.1, -0.05) is 6.07 Å². The van der Waals surface area contributed by atoms with Gasteiger partial charge in [-0.3, -0.25) is 9.69 Å². The van der Waals surface area contributed by atoms with Crippen molar-refractivity contribution in [3.63, 3.8) is 0 Å². The van der Waals surface area contributed by atoms with Crippen LogP contribution < -0.4 is 9.47 Å². The van der Waals surface area contributed by atoms with E-state index in [2.05, 4.69) is 9.80 Å². The third-order valence-corrected chi connectivity index (χ3v) is 5.49. The Kier molecular flexibility index (Phi) is 12.6. The molecule has 2 aromatic carbocycles. The Labute approximate surface area is 202 Å². The summed E-state index contributed by atoms with van der Waals surface area (Å²) < 4.78 is 24.3. The fraction of sp³-hybridized carbons (Fsp3) is 0.458. The number of ether oxygens (including phenoxy) is 2. The fourth-order valence-electron chi connectivity index (χ4n) is 3.66. The molecule has 1 fully saturated rings. The van der Waals surface area contributed by atoms with Crippen molar-refractivity contribution in [3.05, 3.63) is 59.4 Å². The smallest absolute Gasteiger partial charge is 0.162 e. The van der Waals surface area contributed by atoms with Crippen LogP contribution in [0.4, 0.5) is 4.39 Å². The predicted molar refractivity (Wildman–Crippen MR) is 131 cm³/mol. The highest BCUT2D eigenvalue weighted by atomic mass is 35.5. The molecule has 2 aromatic rings. The number of hydrogen-bond acceptors (Lipinski definition) is 5. The molecule has 0 unspecified atom stereocenters. The topological polar surface area (TPSA) is 42.0 Å². The van der Waals surface area contributed by atoms with Crippen LogP contribution in [0.1, 0.15) is 28.8 Å². The SMILES string of the molecule is COc1cc(C)ccc1OCCN1CCN(CCCC(=O)c2ccc(F)cc2)CC1.Cl.Cl. The summed E-state index contributed by atoms with van der Waals surface area (Å²) in [5, 5.41) is 0. The second kappa shape index (κ2) is 14.3. The lowest BCUT2D eigenvalue weighted by molar-refractivity contribution is 0.0953. The molecule has 0 bridgehead atoms. The van der Waals surface area contributed by atoms with Gasteiger partial charge in [0.15, 0.2) is 17.3 Å². The van der Waals surface area contributed by atoms with Crippen molar-refractivity contribution in [2.75, 3.05) is 53.0 Å². The summed E-state index contributed by atoms with van der Waals surface area (Å²) in [6, 6.07) is 11.8. The highest BCUT2D eigenvalue weighted by molar-refractivity contribution is 5.95. The minimum atomic E-state index is -0.312. The Balaban J connectivity index is 0.00000256. The number of nitrogens with zero attached hydrogens (tertiary/aromatic N) is 2. The second-order valence-corrected chi connectivity index (χ2v) is 7.72. The van der Waals surface area contributed by atoms with Crippen molar-refractivity contribution < 1.29 is 18.7 Å². The number of halogens is 3. The summed E-state index contributed by atoms with van der Waals surface area (Å²) in [6.45, 7) is 8.46. The molecule has 1 aliphatic heterocycles. The molecule has 8 heteroatoms. The number of hydrogen-bond donors (Lipinski definition) is 0. The van der Waals surface area contributed by atoms with Crippen molar-refractivity contribution >= 4 is 30.6 Å². The summed E-state index contributed by atoms with van der Waals surface area (Å²) >= 11 is 0. The quantitative estimate of drug-likeness (QED) is 0.457. The maximum Gasteiger partial charge on any atom is 0.162 e. The van der Waals surface area contributed by atoms with Gasteiger partial charge in [-0.05, 0) is 61.9 Å². The van der Waals surface area contributed by atoms with Gasteiger partial charge in [-0.15, -0.1) is 24.8 Å². The van der Waals surface area contributed by atoms with Crippen molar-refractivity contribution in [2.24, 2.45) is 0 Å². The lowest BCUT2D eigenvalue weighted by atomic mass is 10.1. The van der Waals surface area contributed by atoms with Gasteiger partial charge in [0.05, 0.1) is 7.11 Å². The van der Waals surface area contributed by atoms with Crippen LogP contribution in [-0.4, -0.2) is 68.6 Å². The van der Waals surface area contributed by atoms with Crippen molar-refractivity contribution in [1.29, 1.82) is 0 Å². The zero-order chi connectivity index (χ0) is 21.3. The molecular formula is C24H33Cl2FN2O3. The molecule has 1 aliphatic rings. The van der Waals surface area contributed by atoms with Crippen molar-refractivity contribution in [1.82, 2.24) is 9.80 Å². The van der Waals surface area contributed by atoms with Gasteiger partial charge in [-0.2, -0.15) is 0 Å². The van der Waals surface area contributed by atoms with Gasteiger partial charge in [0.1, 0.15) is 12.4 Å². The van der Waals surface area contributed by atoms with E-state index in [1.54, 1.807) is 19.2 Å². The molecule has 0 aromatic heterocycles. The molecule has 0 radical (unpaired) electrons. The number of aryl methyl sites for hydroxylation is 1. The first kappa shape index (κ1) is 28.2. The molecule has 1 saturated heterocycles. The molecular weight excluding hydrogens is 454 g/mol. The predicted octanol–water partition coefficient (Wildman–Crippen LogP) is 4.65. The van der Waals surface area contributed by atoms with E-state index in [4.69, 9.17) is 9.47 Å². The van der Waals surface area contributed by atoms with Crippen molar-refractivity contribution in [3.8, 4) is 11.5 Å². The lowest BCUT2D eigenvalue weighted by Crippen LogP contribution is -2.47. The van der Waals surface area contributed by atoms with Crippen LogP contribution in [0.2, 0.25) is 0 Å². The number of rotatable bonds is 10. The molecule has 0 aliphatic carbocycles. The van der Waals surface area contributed by atoms with E-state index >= 15 is 0 Å². The van der Waals surface area contributed by atoms with Crippen LogP contribution >= 0.6 is 24.8 Å². The Morgan fingerprint density at radius 1 is 0.938 bits per heavy atom. The number of piperazine rings is 1. The van der Waals surface area contributed by atoms with Gasteiger partial charge >= 0.3 is 0 Å². The Hall–Kier alpha value is -1.86. The Morgan fingerprint density at radius 2 is 1.56 bits per heavy atom. The molecule has 178 valence electrons. The van der Waals surface area contributed by atoms with E-state index in [1.165, 1.54) is 12.1 Å². The first-order chi connectivity index (χ1) is 14.5. The summed E-state index contributed by atoms with van der Waals surface area (Å²) in [5.41, 5.74) is 1.74. The summed E-state index contributed by atoms with van der Waals surface area (Å²) in [5.74, 6) is 1.33. The number of carbonyl (C=O) groups is 1. The summed E-state index contributed by atoms with van der Waals surface area (Å²) in [4.78, 5) is 17.0. The van der Waals surface area contributed by atoms with E-state index in [0.717, 1.165) is 62.8 Å². The largest absolute Gasteiger partial charge is 0.493 e. The van der Waals surface area contributed by atoms with E-state index in [-0.39, 0.29) is 36.4 Å². The third-order valence-electron chi connectivity index (χ3n) is 5.49. The molecule has 0 amide bonds. The number of methoxy groups -OCH3 is 1. The molecule has 0 atom stereocenters. The van der Waals surface area contributed by atoms with Crippen LogP contribution in [-0.2, 0) is 0 Å². The minimum Gasteiger partial charge on any atom is -0.493 e. The normalized spacial score (nSPS) is 14.2. The number of Topliss-reactive ketones (excluding diaryl/α,β-unsaturated/α-hetero) is 1. The van der Waals surface area contributed by atoms with Gasteiger partial charge in [0, 0.05) is 44.7 Å². The van der Waals surface area contributed by atoms with Gasteiger partial charge in [0.2, 0.25) is 0 Å². The minimum absolute atomic E-state index is 0. The van der Waals surface area contributed by atoms with E-state index < -0.39 is 0 Å². The average molecular weight is 487 g/mol.